The van der Waals surface area contributed by atoms with Crippen molar-refractivity contribution in [2.75, 3.05) is 7.11 Å². The minimum Gasteiger partial charge on any atom is -0.474 e. The summed E-state index contributed by atoms with van der Waals surface area (Å²) in [4.78, 5) is 34.1. The number of nitro benzene ring substituents is 1. The van der Waals surface area contributed by atoms with Gasteiger partial charge in [0.05, 0.1) is 17.6 Å². The van der Waals surface area contributed by atoms with Gasteiger partial charge in [0.2, 0.25) is 0 Å². The predicted molar refractivity (Wildman–Crippen MR) is 92.8 cm³/mol. The van der Waals surface area contributed by atoms with E-state index < -0.39 is 28.6 Å². The topological polar surface area (TPSA) is 108 Å². The van der Waals surface area contributed by atoms with Crippen LogP contribution >= 0.6 is 0 Å². The summed E-state index contributed by atoms with van der Waals surface area (Å²) in [5.74, 6) is -1.78. The summed E-state index contributed by atoms with van der Waals surface area (Å²) >= 11 is 0. The van der Waals surface area contributed by atoms with Gasteiger partial charge in [0, 0.05) is 12.6 Å². The highest BCUT2D eigenvalue weighted by molar-refractivity contribution is 5.90. The Kier molecular flexibility index (Phi) is 6.42. The minimum absolute atomic E-state index is 0.00929. The number of esters is 1. The average molecular weight is 376 g/mol. The molecule has 0 heterocycles. The zero-order chi connectivity index (χ0) is 20.0. The molecule has 2 aromatic rings. The van der Waals surface area contributed by atoms with Crippen LogP contribution in [0.4, 0.5) is 10.1 Å². The van der Waals surface area contributed by atoms with Gasteiger partial charge in [-0.3, -0.25) is 14.9 Å². The molecule has 0 bridgehead atoms. The van der Waals surface area contributed by atoms with Crippen LogP contribution in [0.15, 0.2) is 42.5 Å². The summed E-state index contributed by atoms with van der Waals surface area (Å²) in [5, 5.41) is 13.8. The Balaban J connectivity index is 2.06. The Hall–Kier alpha value is -3.49. The van der Waals surface area contributed by atoms with E-state index in [1.807, 2.05) is 0 Å². The molecule has 0 aliphatic heterocycles. The molecule has 142 valence electrons. The molecule has 1 atom stereocenters. The van der Waals surface area contributed by atoms with Crippen molar-refractivity contribution in [3.05, 3.63) is 69.5 Å². The smallest absolute Gasteiger partial charge is 0.338 e. The van der Waals surface area contributed by atoms with Gasteiger partial charge >= 0.3 is 11.7 Å². The first kappa shape index (κ1) is 19.8. The van der Waals surface area contributed by atoms with Gasteiger partial charge in [-0.1, -0.05) is 12.1 Å². The van der Waals surface area contributed by atoms with Crippen LogP contribution in [0.5, 0.6) is 5.75 Å². The second-order valence-electron chi connectivity index (χ2n) is 5.54. The highest BCUT2D eigenvalue weighted by Crippen LogP contribution is 2.29. The molecule has 1 amide bonds. The van der Waals surface area contributed by atoms with Crippen molar-refractivity contribution in [1.29, 1.82) is 0 Å². The van der Waals surface area contributed by atoms with E-state index in [9.17, 15) is 24.1 Å². The highest BCUT2D eigenvalue weighted by atomic mass is 19.1. The summed E-state index contributed by atoms with van der Waals surface area (Å²) in [5.41, 5.74) is 0.214. The quantitative estimate of drug-likeness (QED) is 0.452. The second kappa shape index (κ2) is 8.75. The zero-order valence-electron chi connectivity index (χ0n) is 14.6. The van der Waals surface area contributed by atoms with Gasteiger partial charge in [0.25, 0.3) is 5.91 Å². The van der Waals surface area contributed by atoms with Crippen LogP contribution in [0.1, 0.15) is 22.8 Å². The molecule has 1 N–H and O–H groups in total. The largest absolute Gasteiger partial charge is 0.474 e. The Morgan fingerprint density at radius 3 is 2.48 bits per heavy atom. The van der Waals surface area contributed by atoms with E-state index in [0.29, 0.717) is 5.56 Å². The molecule has 0 spiro atoms. The Bertz CT molecular complexity index is 853. The number of carbonyl (C=O) groups excluding carboxylic acids is 2. The number of amides is 1. The van der Waals surface area contributed by atoms with Gasteiger partial charge in [0.15, 0.2) is 11.9 Å². The first-order valence-corrected chi connectivity index (χ1v) is 7.87. The van der Waals surface area contributed by atoms with Crippen molar-refractivity contribution >= 4 is 17.6 Å². The molecule has 0 radical (unpaired) electrons. The zero-order valence-corrected chi connectivity index (χ0v) is 14.6. The van der Waals surface area contributed by atoms with E-state index in [4.69, 9.17) is 4.74 Å². The Labute approximate surface area is 154 Å². The van der Waals surface area contributed by atoms with Crippen molar-refractivity contribution in [1.82, 2.24) is 5.32 Å². The summed E-state index contributed by atoms with van der Waals surface area (Å²) in [6.45, 7) is 1.58. The van der Waals surface area contributed by atoms with Gasteiger partial charge in [-0.15, -0.1) is 0 Å². The number of ether oxygens (including phenoxy) is 2. The van der Waals surface area contributed by atoms with Crippen molar-refractivity contribution in [2.24, 2.45) is 0 Å². The van der Waals surface area contributed by atoms with Gasteiger partial charge in [-0.2, -0.15) is 0 Å². The molecule has 0 unspecified atom stereocenters. The SMILES string of the molecule is COC(=O)c1ccc(O[C@@H](C)C(=O)NCc2ccc(F)cc2)c([N+](=O)[O-])c1. The third-order valence-electron chi connectivity index (χ3n) is 3.63. The molecule has 0 aliphatic rings. The number of nitrogens with zero attached hydrogens (tertiary/aromatic N) is 1. The molecule has 8 nitrogen and oxygen atoms in total. The van der Waals surface area contributed by atoms with Crippen LogP contribution in [0.3, 0.4) is 0 Å². The molecule has 27 heavy (non-hydrogen) atoms. The van der Waals surface area contributed by atoms with Gasteiger partial charge in [-0.25, -0.2) is 9.18 Å². The average Bonchev–Trinajstić information content (AvgIpc) is 2.66. The number of hydrogen-bond donors (Lipinski definition) is 1. The summed E-state index contributed by atoms with van der Waals surface area (Å²) in [6.07, 6.45) is -1.03. The third-order valence-corrected chi connectivity index (χ3v) is 3.63. The van der Waals surface area contributed by atoms with E-state index in [2.05, 4.69) is 10.1 Å². The van der Waals surface area contributed by atoms with Crippen LogP contribution < -0.4 is 10.1 Å². The van der Waals surface area contributed by atoms with Gasteiger partial charge in [0.1, 0.15) is 5.82 Å². The summed E-state index contributed by atoms with van der Waals surface area (Å²) in [6, 6.07) is 9.14. The summed E-state index contributed by atoms with van der Waals surface area (Å²) in [7, 11) is 1.16. The third kappa shape index (κ3) is 5.24. The van der Waals surface area contributed by atoms with Crippen LogP contribution in [-0.2, 0) is 16.1 Å². The Morgan fingerprint density at radius 2 is 1.89 bits per heavy atom. The predicted octanol–water partition coefficient (Wildman–Crippen LogP) is 2.60. The lowest BCUT2D eigenvalue weighted by atomic mass is 10.2. The van der Waals surface area contributed by atoms with Crippen LogP contribution in [0.25, 0.3) is 0 Å². The van der Waals surface area contributed by atoms with E-state index in [1.165, 1.54) is 43.3 Å². The van der Waals surface area contributed by atoms with Crippen LogP contribution in [-0.4, -0.2) is 30.0 Å². The fourth-order valence-electron chi connectivity index (χ4n) is 2.18. The number of benzene rings is 2. The first-order valence-electron chi connectivity index (χ1n) is 7.87. The maximum atomic E-state index is 12.9. The molecule has 2 rings (SSSR count). The van der Waals surface area contributed by atoms with Crippen LogP contribution in [0, 0.1) is 15.9 Å². The molecule has 0 aromatic heterocycles. The standard InChI is InChI=1S/C18H17FN2O6/c1-11(17(22)20-10-12-3-6-14(19)7-4-12)27-16-8-5-13(18(23)26-2)9-15(16)21(24)25/h3-9,11H,10H2,1-2H3,(H,20,22)/t11-/m0/s1. The second-order valence-corrected chi connectivity index (χ2v) is 5.54. The normalized spacial score (nSPS) is 11.4. The maximum absolute atomic E-state index is 12.9. The fourth-order valence-corrected chi connectivity index (χ4v) is 2.18. The van der Waals surface area contributed by atoms with Crippen molar-refractivity contribution in [3.63, 3.8) is 0 Å². The highest BCUT2D eigenvalue weighted by Gasteiger charge is 2.23. The lowest BCUT2D eigenvalue weighted by Crippen LogP contribution is -2.36. The first-order chi connectivity index (χ1) is 12.8. The van der Waals surface area contributed by atoms with Crippen LogP contribution in [0.2, 0.25) is 0 Å². The number of carbonyl (C=O) groups is 2. The lowest BCUT2D eigenvalue weighted by molar-refractivity contribution is -0.386. The molecule has 2 aromatic carbocycles. The number of rotatable bonds is 7. The van der Waals surface area contributed by atoms with E-state index in [1.54, 1.807) is 0 Å². The molecule has 9 heteroatoms. The van der Waals surface area contributed by atoms with E-state index >= 15 is 0 Å². The number of hydrogen-bond acceptors (Lipinski definition) is 6. The fraction of sp³-hybridized carbons (Fsp3) is 0.222. The minimum atomic E-state index is -1.03. The van der Waals surface area contributed by atoms with Gasteiger partial charge < -0.3 is 14.8 Å². The van der Waals surface area contributed by atoms with Crippen molar-refractivity contribution < 1.29 is 28.4 Å². The molecular formula is C18H17FN2O6. The monoisotopic (exact) mass is 376 g/mol. The Morgan fingerprint density at radius 1 is 1.22 bits per heavy atom. The molecule has 0 saturated heterocycles. The molecule has 0 fully saturated rings. The number of nitro groups is 1. The number of halogens is 1. The maximum Gasteiger partial charge on any atom is 0.338 e. The molecular weight excluding hydrogens is 359 g/mol. The molecule has 0 aliphatic carbocycles. The van der Waals surface area contributed by atoms with Crippen molar-refractivity contribution in [2.45, 2.75) is 19.6 Å². The lowest BCUT2D eigenvalue weighted by Gasteiger charge is -2.15. The summed E-state index contributed by atoms with van der Waals surface area (Å²) < 4.78 is 22.8. The van der Waals surface area contributed by atoms with Crippen molar-refractivity contribution in [3.8, 4) is 5.75 Å². The van der Waals surface area contributed by atoms with E-state index in [0.717, 1.165) is 13.2 Å². The number of nitrogens with one attached hydrogen (secondary N) is 1. The molecule has 0 saturated carbocycles. The van der Waals surface area contributed by atoms with Gasteiger partial charge in [-0.05, 0) is 36.8 Å². The number of methoxy groups -OCH3 is 1. The van der Waals surface area contributed by atoms with E-state index in [-0.39, 0.29) is 23.7 Å².